The molecule has 136 valence electrons. The maximum Gasteiger partial charge on any atom is 0.165 e. The van der Waals surface area contributed by atoms with Gasteiger partial charge in [-0.05, 0) is 18.4 Å². The summed E-state index contributed by atoms with van der Waals surface area (Å²) < 4.78 is 11.0. The fourth-order valence-electron chi connectivity index (χ4n) is 3.55. The molecule has 2 rings (SSSR count). The van der Waals surface area contributed by atoms with Gasteiger partial charge in [-0.2, -0.15) is 0 Å². The van der Waals surface area contributed by atoms with Crippen molar-refractivity contribution in [2.75, 3.05) is 47.0 Å². The monoisotopic (exact) mass is 336 g/mol. The Kier molecular flexibility index (Phi) is 7.34. The van der Waals surface area contributed by atoms with Crippen molar-refractivity contribution in [1.29, 1.82) is 0 Å². The van der Waals surface area contributed by atoms with Crippen molar-refractivity contribution in [3.05, 3.63) is 23.8 Å². The van der Waals surface area contributed by atoms with Gasteiger partial charge in [0.2, 0.25) is 0 Å². The number of benzene rings is 1. The molecule has 0 saturated carbocycles. The van der Waals surface area contributed by atoms with Gasteiger partial charge in [-0.15, -0.1) is 0 Å². The first-order valence-electron chi connectivity index (χ1n) is 8.86. The molecule has 0 radical (unpaired) electrons. The first kappa shape index (κ1) is 19.0. The van der Waals surface area contributed by atoms with Crippen LogP contribution in [0.4, 0.5) is 0 Å². The first-order chi connectivity index (χ1) is 11.6. The van der Waals surface area contributed by atoms with Gasteiger partial charge in [0.15, 0.2) is 11.5 Å². The predicted molar refractivity (Wildman–Crippen MR) is 96.7 cm³/mol. The van der Waals surface area contributed by atoms with E-state index in [0.717, 1.165) is 56.2 Å². The van der Waals surface area contributed by atoms with E-state index in [0.29, 0.717) is 12.0 Å². The van der Waals surface area contributed by atoms with Crippen LogP contribution in [-0.2, 0) is 6.54 Å². The number of piperazine rings is 1. The van der Waals surface area contributed by atoms with Crippen molar-refractivity contribution in [2.24, 2.45) is 5.92 Å². The molecular weight excluding hydrogens is 304 g/mol. The fraction of sp³-hybridized carbons (Fsp3) is 0.684. The molecule has 1 heterocycles. The highest BCUT2D eigenvalue weighted by atomic mass is 16.5. The summed E-state index contributed by atoms with van der Waals surface area (Å²) in [5.41, 5.74) is 1.15. The lowest BCUT2D eigenvalue weighted by Crippen LogP contribution is -2.53. The zero-order valence-electron chi connectivity index (χ0n) is 15.5. The molecule has 1 saturated heterocycles. The Hall–Kier alpha value is -1.30. The number of aliphatic hydroxyl groups is 1. The van der Waals surface area contributed by atoms with Crippen LogP contribution in [0.1, 0.15) is 25.8 Å². The van der Waals surface area contributed by atoms with Gasteiger partial charge in [0.25, 0.3) is 0 Å². The highest BCUT2D eigenvalue weighted by molar-refractivity contribution is 5.46. The van der Waals surface area contributed by atoms with Gasteiger partial charge in [-0.3, -0.25) is 9.80 Å². The molecule has 1 aliphatic rings. The van der Waals surface area contributed by atoms with Crippen LogP contribution < -0.4 is 9.47 Å². The number of hydrogen-bond acceptors (Lipinski definition) is 5. The highest BCUT2D eigenvalue weighted by Crippen LogP contribution is 2.32. The maximum absolute atomic E-state index is 9.42. The van der Waals surface area contributed by atoms with Gasteiger partial charge >= 0.3 is 0 Å². The Balaban J connectivity index is 2.06. The normalized spacial score (nSPS) is 19.7. The van der Waals surface area contributed by atoms with Gasteiger partial charge in [0.1, 0.15) is 0 Å². The summed E-state index contributed by atoms with van der Waals surface area (Å²) in [4.78, 5) is 4.98. The first-order valence-corrected chi connectivity index (χ1v) is 8.86. The van der Waals surface area contributed by atoms with Crippen LogP contribution in [0.2, 0.25) is 0 Å². The third-order valence-electron chi connectivity index (χ3n) is 4.63. The zero-order chi connectivity index (χ0) is 17.5. The molecule has 5 heteroatoms. The highest BCUT2D eigenvalue weighted by Gasteiger charge is 2.27. The molecule has 1 aromatic carbocycles. The number of para-hydroxylation sites is 1. The molecule has 1 atom stereocenters. The van der Waals surface area contributed by atoms with E-state index >= 15 is 0 Å². The third kappa shape index (κ3) is 4.85. The fourth-order valence-corrected chi connectivity index (χ4v) is 3.55. The van der Waals surface area contributed by atoms with Crippen molar-refractivity contribution in [3.63, 3.8) is 0 Å². The maximum atomic E-state index is 9.42. The summed E-state index contributed by atoms with van der Waals surface area (Å²) in [6.45, 7) is 9.76. The van der Waals surface area contributed by atoms with Crippen LogP contribution in [-0.4, -0.2) is 68.0 Å². The Bertz CT molecular complexity index is 507. The molecule has 0 amide bonds. The standard InChI is InChI=1S/C19H32N2O3/c1-15(2)12-21-10-9-20(14-17(21)8-11-22)13-16-6-5-7-18(23-3)19(16)24-4/h5-7,15,17,22H,8-14H2,1-4H3/t17-/m0/s1. The van der Waals surface area contributed by atoms with Crippen molar-refractivity contribution in [2.45, 2.75) is 32.9 Å². The minimum absolute atomic E-state index is 0.246. The van der Waals surface area contributed by atoms with Gasteiger partial charge < -0.3 is 14.6 Å². The lowest BCUT2D eigenvalue weighted by molar-refractivity contribution is 0.0473. The van der Waals surface area contributed by atoms with Crippen molar-refractivity contribution < 1.29 is 14.6 Å². The summed E-state index contributed by atoms with van der Waals surface area (Å²) >= 11 is 0. The van der Waals surface area contributed by atoms with E-state index in [-0.39, 0.29) is 6.61 Å². The summed E-state index contributed by atoms with van der Waals surface area (Å²) in [5, 5.41) is 9.42. The Labute approximate surface area is 146 Å². The van der Waals surface area contributed by atoms with E-state index in [1.165, 1.54) is 0 Å². The molecular formula is C19H32N2O3. The number of rotatable bonds is 8. The molecule has 5 nitrogen and oxygen atoms in total. The molecule has 1 N–H and O–H groups in total. The SMILES string of the molecule is COc1cccc(CN2CCN(CC(C)C)[C@@H](CCO)C2)c1OC. The van der Waals surface area contributed by atoms with Gasteiger partial charge in [0.05, 0.1) is 14.2 Å². The quantitative estimate of drug-likeness (QED) is 0.789. The zero-order valence-corrected chi connectivity index (χ0v) is 15.5. The second kappa shape index (κ2) is 9.25. The van der Waals surface area contributed by atoms with E-state index in [9.17, 15) is 5.11 Å². The van der Waals surface area contributed by atoms with Gasteiger partial charge in [0, 0.05) is 50.9 Å². The lowest BCUT2D eigenvalue weighted by atomic mass is 10.0. The smallest absolute Gasteiger partial charge is 0.165 e. The van der Waals surface area contributed by atoms with Crippen molar-refractivity contribution in [1.82, 2.24) is 9.80 Å². The van der Waals surface area contributed by atoms with Crippen LogP contribution in [0.3, 0.4) is 0 Å². The minimum atomic E-state index is 0.246. The molecule has 0 bridgehead atoms. The summed E-state index contributed by atoms with van der Waals surface area (Å²) in [5.74, 6) is 2.25. The second-order valence-electron chi connectivity index (χ2n) is 6.94. The van der Waals surface area contributed by atoms with E-state index in [2.05, 4.69) is 29.7 Å². The number of nitrogens with zero attached hydrogens (tertiary/aromatic N) is 2. The summed E-state index contributed by atoms with van der Waals surface area (Å²) in [6, 6.07) is 6.46. The molecule has 1 aromatic rings. The summed E-state index contributed by atoms with van der Waals surface area (Å²) in [6.07, 6.45) is 0.832. The third-order valence-corrected chi connectivity index (χ3v) is 4.63. The number of hydrogen-bond donors (Lipinski definition) is 1. The van der Waals surface area contributed by atoms with E-state index in [1.54, 1.807) is 14.2 Å². The number of aliphatic hydroxyl groups excluding tert-OH is 1. The molecule has 1 aliphatic heterocycles. The van der Waals surface area contributed by atoms with E-state index < -0.39 is 0 Å². The molecule has 0 aromatic heterocycles. The summed E-state index contributed by atoms with van der Waals surface area (Å²) in [7, 11) is 3.36. The molecule has 0 unspecified atom stereocenters. The van der Waals surface area contributed by atoms with Crippen LogP contribution in [0.5, 0.6) is 11.5 Å². The minimum Gasteiger partial charge on any atom is -0.493 e. The number of methoxy groups -OCH3 is 2. The Morgan fingerprint density at radius 3 is 2.62 bits per heavy atom. The van der Waals surface area contributed by atoms with Crippen molar-refractivity contribution in [3.8, 4) is 11.5 Å². The molecule has 1 fully saturated rings. The Morgan fingerprint density at radius 2 is 2.00 bits per heavy atom. The Morgan fingerprint density at radius 1 is 1.21 bits per heavy atom. The topological polar surface area (TPSA) is 45.2 Å². The number of ether oxygens (including phenoxy) is 2. The molecule has 24 heavy (non-hydrogen) atoms. The van der Waals surface area contributed by atoms with Crippen molar-refractivity contribution >= 4 is 0 Å². The van der Waals surface area contributed by atoms with Crippen LogP contribution in [0, 0.1) is 5.92 Å². The van der Waals surface area contributed by atoms with Crippen LogP contribution in [0.25, 0.3) is 0 Å². The average molecular weight is 336 g/mol. The largest absolute Gasteiger partial charge is 0.493 e. The van der Waals surface area contributed by atoms with Gasteiger partial charge in [-0.1, -0.05) is 26.0 Å². The van der Waals surface area contributed by atoms with Crippen LogP contribution in [0.15, 0.2) is 18.2 Å². The average Bonchev–Trinajstić information content (AvgIpc) is 2.56. The predicted octanol–water partition coefficient (Wildman–Crippen LogP) is 2.23. The van der Waals surface area contributed by atoms with Gasteiger partial charge in [-0.25, -0.2) is 0 Å². The van der Waals surface area contributed by atoms with Crippen LogP contribution >= 0.6 is 0 Å². The lowest BCUT2D eigenvalue weighted by Gasteiger charge is -2.42. The molecule has 0 aliphatic carbocycles. The second-order valence-corrected chi connectivity index (χ2v) is 6.94. The van der Waals surface area contributed by atoms with E-state index in [4.69, 9.17) is 9.47 Å². The van der Waals surface area contributed by atoms with E-state index in [1.807, 2.05) is 12.1 Å². The molecule has 0 spiro atoms.